The van der Waals surface area contributed by atoms with Crippen LogP contribution >= 0.6 is 11.3 Å². The summed E-state index contributed by atoms with van der Waals surface area (Å²) in [6.45, 7) is 12.1. The van der Waals surface area contributed by atoms with Gasteiger partial charge in [-0.2, -0.15) is 4.98 Å². The third-order valence-corrected chi connectivity index (χ3v) is 7.07. The Kier molecular flexibility index (Phi) is 8.19. The lowest BCUT2D eigenvalue weighted by Gasteiger charge is -2.33. The minimum atomic E-state index is -0.541. The summed E-state index contributed by atoms with van der Waals surface area (Å²) in [6.07, 6.45) is 4.29. The number of thiophene rings is 1. The van der Waals surface area contributed by atoms with Gasteiger partial charge in [-0.15, -0.1) is 11.3 Å². The van der Waals surface area contributed by atoms with Crippen molar-refractivity contribution in [3.63, 3.8) is 0 Å². The van der Waals surface area contributed by atoms with Crippen LogP contribution in [-0.2, 0) is 16.0 Å². The van der Waals surface area contributed by atoms with E-state index >= 15 is 0 Å². The van der Waals surface area contributed by atoms with Crippen molar-refractivity contribution in [2.45, 2.75) is 79.7 Å². The second-order valence-corrected chi connectivity index (χ2v) is 11.1. The Labute approximate surface area is 206 Å². The molecule has 0 radical (unpaired) electrons. The van der Waals surface area contributed by atoms with E-state index < -0.39 is 12.0 Å². The lowest BCUT2D eigenvalue weighted by molar-refractivity contribution is -0.124. The first-order valence-corrected chi connectivity index (χ1v) is 12.8. The fourth-order valence-electron chi connectivity index (χ4n) is 4.02. The molecule has 2 aromatic rings. The topological polar surface area (TPSA) is 85.5 Å². The molecule has 0 aliphatic heterocycles. The number of amides is 1. The molecule has 0 spiro atoms. The number of anilines is 1. The third kappa shape index (κ3) is 6.06. The molecule has 2 heterocycles. The van der Waals surface area contributed by atoms with Crippen LogP contribution in [-0.4, -0.2) is 29.1 Å². The molecule has 0 N–H and O–H groups in total. The molecule has 8 heteroatoms. The molecule has 2 aromatic heterocycles. The van der Waals surface area contributed by atoms with Crippen molar-refractivity contribution in [3.8, 4) is 11.8 Å². The summed E-state index contributed by atoms with van der Waals surface area (Å²) in [5, 5.41) is 4.01. The minimum Gasteiger partial charge on any atom is -0.465 e. The largest absolute Gasteiger partial charge is 0.465 e. The molecule has 1 saturated carbocycles. The van der Waals surface area contributed by atoms with Gasteiger partial charge in [-0.1, -0.05) is 30.8 Å². The number of aryl methyl sites for hydroxylation is 1. The average Bonchev–Trinajstić information content (AvgIpc) is 3.45. The van der Waals surface area contributed by atoms with E-state index in [0.29, 0.717) is 39.5 Å². The molecule has 0 saturated heterocycles. The SMILES string of the molecule is CCc1noc(C(C)N(c2cc(C#CC(C)(C)C)sc2C(=O)OC)C(=O)[C@H]2CC[C@H](C)CC2)n1. The quantitative estimate of drug-likeness (QED) is 0.380. The molecule has 1 fully saturated rings. The number of carbonyl (C=O) groups is 2. The number of hydrogen-bond donors (Lipinski definition) is 0. The van der Waals surface area contributed by atoms with Gasteiger partial charge in [0, 0.05) is 17.8 Å². The number of rotatable bonds is 6. The number of aromatic nitrogens is 2. The number of hydrogen-bond acceptors (Lipinski definition) is 7. The number of carbonyl (C=O) groups excluding carboxylic acids is 2. The fourth-order valence-corrected chi connectivity index (χ4v) is 4.94. The Morgan fingerprint density at radius 2 is 1.97 bits per heavy atom. The summed E-state index contributed by atoms with van der Waals surface area (Å²) in [6, 6.07) is 1.27. The van der Waals surface area contributed by atoms with Crippen molar-refractivity contribution >= 4 is 28.9 Å². The van der Waals surface area contributed by atoms with Crippen LogP contribution in [0.3, 0.4) is 0 Å². The number of nitrogens with zero attached hydrogens (tertiary/aromatic N) is 3. The van der Waals surface area contributed by atoms with Gasteiger partial charge in [0.15, 0.2) is 5.82 Å². The van der Waals surface area contributed by atoms with Gasteiger partial charge in [0.05, 0.1) is 17.7 Å². The first-order valence-electron chi connectivity index (χ1n) is 11.9. The van der Waals surface area contributed by atoms with E-state index in [2.05, 4.69) is 28.9 Å². The first-order chi connectivity index (χ1) is 16.0. The van der Waals surface area contributed by atoms with Crippen LogP contribution in [0, 0.1) is 29.1 Å². The third-order valence-electron chi connectivity index (χ3n) is 6.05. The molecule has 3 rings (SSSR count). The summed E-state index contributed by atoms with van der Waals surface area (Å²) in [5.41, 5.74) is 0.291. The number of methoxy groups -OCH3 is 1. The Morgan fingerprint density at radius 1 is 1.29 bits per heavy atom. The van der Waals surface area contributed by atoms with E-state index in [9.17, 15) is 9.59 Å². The summed E-state index contributed by atoms with van der Waals surface area (Å²) < 4.78 is 10.6. The van der Waals surface area contributed by atoms with E-state index in [-0.39, 0.29) is 17.2 Å². The predicted octanol–water partition coefficient (Wildman–Crippen LogP) is 5.80. The Morgan fingerprint density at radius 3 is 2.53 bits per heavy atom. The van der Waals surface area contributed by atoms with Crippen LogP contribution in [0.2, 0.25) is 0 Å². The molecule has 0 bridgehead atoms. The first kappa shape index (κ1) is 26.0. The molecule has 1 aliphatic carbocycles. The zero-order valence-electron chi connectivity index (χ0n) is 21.2. The van der Waals surface area contributed by atoms with Crippen LogP contribution in [0.4, 0.5) is 5.69 Å². The molecule has 1 amide bonds. The lowest BCUT2D eigenvalue weighted by Crippen LogP contribution is -2.40. The van der Waals surface area contributed by atoms with E-state index in [0.717, 1.165) is 25.7 Å². The van der Waals surface area contributed by atoms with Crippen LogP contribution < -0.4 is 4.90 Å². The maximum absolute atomic E-state index is 13.9. The second-order valence-electron chi connectivity index (χ2n) is 10.1. The highest BCUT2D eigenvalue weighted by Crippen LogP contribution is 2.39. The van der Waals surface area contributed by atoms with Gasteiger partial charge in [-0.3, -0.25) is 9.69 Å². The predicted molar refractivity (Wildman–Crippen MR) is 133 cm³/mol. The molecular weight excluding hydrogens is 450 g/mol. The van der Waals surface area contributed by atoms with Crippen molar-refractivity contribution in [2.75, 3.05) is 12.0 Å². The summed E-state index contributed by atoms with van der Waals surface area (Å²) in [5.74, 6) is 7.26. The van der Waals surface area contributed by atoms with E-state index in [1.54, 1.807) is 4.90 Å². The monoisotopic (exact) mass is 485 g/mol. The van der Waals surface area contributed by atoms with Crippen molar-refractivity contribution in [1.82, 2.24) is 10.1 Å². The minimum absolute atomic E-state index is 0.0334. The molecule has 7 nitrogen and oxygen atoms in total. The average molecular weight is 486 g/mol. The standard InChI is InChI=1S/C26H35N3O4S/c1-8-21-27-23(33-28-21)17(3)29(24(30)18-11-9-16(2)10-12-18)20-15-19(13-14-26(4,5)6)34-22(20)25(31)32-7/h15-18H,8-12H2,1-7H3/t16-,17?,18-. The van der Waals surface area contributed by atoms with Crippen molar-refractivity contribution in [2.24, 2.45) is 17.3 Å². The van der Waals surface area contributed by atoms with Gasteiger partial charge in [-0.05, 0) is 65.4 Å². The van der Waals surface area contributed by atoms with Gasteiger partial charge >= 0.3 is 5.97 Å². The maximum atomic E-state index is 13.9. The molecule has 0 aromatic carbocycles. The highest BCUT2D eigenvalue weighted by Gasteiger charge is 2.37. The fraction of sp³-hybridized carbons (Fsp3) is 0.615. The molecule has 1 atom stereocenters. The van der Waals surface area contributed by atoms with Crippen LogP contribution in [0.25, 0.3) is 0 Å². The summed E-state index contributed by atoms with van der Waals surface area (Å²) >= 11 is 1.24. The van der Waals surface area contributed by atoms with Gasteiger partial charge in [0.2, 0.25) is 11.8 Å². The highest BCUT2D eigenvalue weighted by molar-refractivity contribution is 7.15. The Hall–Kier alpha value is -2.66. The summed E-state index contributed by atoms with van der Waals surface area (Å²) in [4.78, 5) is 33.9. The Bertz CT molecular complexity index is 1080. The van der Waals surface area contributed by atoms with Gasteiger partial charge in [-0.25, -0.2) is 4.79 Å². The molecule has 184 valence electrons. The smallest absolute Gasteiger partial charge is 0.350 e. The van der Waals surface area contributed by atoms with Crippen LogP contribution in [0.5, 0.6) is 0 Å². The van der Waals surface area contributed by atoms with Crippen molar-refractivity contribution in [1.29, 1.82) is 0 Å². The van der Waals surface area contributed by atoms with Crippen LogP contribution in [0.1, 0.15) is 99.5 Å². The normalized spacial score (nSPS) is 19.1. The Balaban J connectivity index is 2.10. The van der Waals surface area contributed by atoms with Gasteiger partial charge in [0.1, 0.15) is 10.9 Å². The van der Waals surface area contributed by atoms with Gasteiger partial charge < -0.3 is 9.26 Å². The van der Waals surface area contributed by atoms with E-state index in [1.807, 2.05) is 40.7 Å². The molecule has 34 heavy (non-hydrogen) atoms. The zero-order valence-corrected chi connectivity index (χ0v) is 22.0. The summed E-state index contributed by atoms with van der Waals surface area (Å²) in [7, 11) is 1.34. The van der Waals surface area contributed by atoms with E-state index in [4.69, 9.17) is 9.26 Å². The second kappa shape index (κ2) is 10.7. The molecule has 1 unspecified atom stereocenters. The molecule has 1 aliphatic rings. The number of esters is 1. The lowest BCUT2D eigenvalue weighted by atomic mass is 9.82. The number of ether oxygens (including phenoxy) is 1. The highest BCUT2D eigenvalue weighted by atomic mass is 32.1. The van der Waals surface area contributed by atoms with Crippen molar-refractivity contribution in [3.05, 3.63) is 27.5 Å². The van der Waals surface area contributed by atoms with Crippen LogP contribution in [0.15, 0.2) is 10.6 Å². The molecular formula is C26H35N3O4S. The zero-order chi connectivity index (χ0) is 25.0. The van der Waals surface area contributed by atoms with Gasteiger partial charge in [0.25, 0.3) is 0 Å². The maximum Gasteiger partial charge on any atom is 0.350 e. The van der Waals surface area contributed by atoms with Crippen molar-refractivity contribution < 1.29 is 18.8 Å². The van der Waals surface area contributed by atoms with E-state index in [1.165, 1.54) is 18.4 Å².